The first-order valence-corrected chi connectivity index (χ1v) is 17.6. The maximum Gasteiger partial charge on any atom is 0.187 e. The molecule has 17 N–H and O–H groups in total. The molecule has 328 valence electrons. The van der Waals surface area contributed by atoms with E-state index in [0.717, 1.165) is 0 Å². The normalized spacial score (nSPS) is 53.2. The molecule has 0 aromatic carbocycles. The highest BCUT2D eigenvalue weighted by Crippen LogP contribution is 2.35. The van der Waals surface area contributed by atoms with Crippen LogP contribution in [0.3, 0.4) is 0 Å². The second kappa shape index (κ2) is 19.6. The molecule has 56 heavy (non-hydrogen) atoms. The smallest absolute Gasteiger partial charge is 0.187 e. The van der Waals surface area contributed by atoms with Gasteiger partial charge in [-0.3, -0.25) is 0 Å². The third-order valence-corrected chi connectivity index (χ3v) is 10.3. The SMILES string of the molecule is OC[C@H]1O[C@H](O[C@H]2[C@@H](O)[C@@H](CO)O[C@@H](O[C@H]3[C@@H](O)[C@@H](CO)O[C@H](O[C@@H]4[C@H](O)[C@@H](O)[C@H](O[C@H]5[C@H](O)[C@@H](O)[C@H](O)O[C@@H]5CO)O[C@@H]4CO)[C@@H]3O)[C@@H]2O)[C@H](O)[C@@H](O)[C@H]1O. The molecular formula is C30H52O26. The van der Waals surface area contributed by atoms with Gasteiger partial charge in [-0.2, -0.15) is 0 Å². The van der Waals surface area contributed by atoms with Gasteiger partial charge in [0.15, 0.2) is 31.5 Å². The van der Waals surface area contributed by atoms with Gasteiger partial charge in [0.1, 0.15) is 122 Å². The lowest BCUT2D eigenvalue weighted by molar-refractivity contribution is -0.394. The van der Waals surface area contributed by atoms with Crippen molar-refractivity contribution < 1.29 is 129 Å². The van der Waals surface area contributed by atoms with Gasteiger partial charge in [-0.15, -0.1) is 0 Å². The van der Waals surface area contributed by atoms with Crippen LogP contribution in [-0.4, -0.2) is 273 Å². The molecule has 0 spiro atoms. The minimum atomic E-state index is -2.14. The van der Waals surface area contributed by atoms with Gasteiger partial charge in [-0.1, -0.05) is 0 Å². The Hall–Kier alpha value is -1.04. The molecule has 0 saturated carbocycles. The Morgan fingerprint density at radius 2 is 0.571 bits per heavy atom. The third-order valence-electron chi connectivity index (χ3n) is 10.3. The first-order valence-electron chi connectivity index (χ1n) is 17.6. The lowest BCUT2D eigenvalue weighted by Crippen LogP contribution is -2.68. The van der Waals surface area contributed by atoms with E-state index < -0.39 is 187 Å². The van der Waals surface area contributed by atoms with Crippen molar-refractivity contribution in [2.45, 2.75) is 154 Å². The van der Waals surface area contributed by atoms with Gasteiger partial charge < -0.3 is 129 Å². The summed E-state index contributed by atoms with van der Waals surface area (Å²) >= 11 is 0. The average Bonchev–Trinajstić information content (AvgIpc) is 3.19. The van der Waals surface area contributed by atoms with E-state index in [2.05, 4.69) is 0 Å². The topological polar surface area (TPSA) is 427 Å². The molecule has 5 fully saturated rings. The van der Waals surface area contributed by atoms with Crippen LogP contribution < -0.4 is 0 Å². The fraction of sp³-hybridized carbons (Fsp3) is 1.00. The molecule has 0 radical (unpaired) electrons. The summed E-state index contributed by atoms with van der Waals surface area (Å²) in [5.74, 6) is 0. The molecule has 0 bridgehead atoms. The predicted molar refractivity (Wildman–Crippen MR) is 167 cm³/mol. The summed E-state index contributed by atoms with van der Waals surface area (Å²) in [5.41, 5.74) is 0. The number of aliphatic hydroxyl groups is 17. The van der Waals surface area contributed by atoms with Gasteiger partial charge in [-0.05, 0) is 0 Å². The molecule has 0 unspecified atom stereocenters. The molecule has 0 aromatic rings. The Morgan fingerprint density at radius 1 is 0.268 bits per heavy atom. The van der Waals surface area contributed by atoms with Crippen molar-refractivity contribution in [2.24, 2.45) is 0 Å². The minimum Gasteiger partial charge on any atom is -0.394 e. The van der Waals surface area contributed by atoms with Gasteiger partial charge in [0.05, 0.1) is 33.0 Å². The Labute approximate surface area is 316 Å². The molecule has 5 rings (SSSR count). The highest BCUT2D eigenvalue weighted by atomic mass is 16.8. The van der Waals surface area contributed by atoms with Crippen molar-refractivity contribution in [1.82, 2.24) is 0 Å². The van der Waals surface area contributed by atoms with Crippen molar-refractivity contribution in [2.75, 3.05) is 33.0 Å². The Balaban J connectivity index is 1.30. The molecule has 5 saturated heterocycles. The molecule has 5 aliphatic rings. The second-order valence-electron chi connectivity index (χ2n) is 13.9. The standard InChI is InChI=1S/C30H52O26/c31-1-6-11(36)14(39)18(43)27(49-6)55-24-12(37)8(3-33)51-30(21(24)46)56-25-13(38)7(2-32)50-29(20(25)45)54-23-10(5-35)52-28(19(44)16(23)41)53-22-9(4-34)48-26(47)17(42)15(22)40/h6-47H,1-5H2/t6-,7-,8-,9-,10-,11+,12+,13+,14+,15-,16-,17-,18-,19-,20-,21-,22-,23+,24+,25+,26-,27-,28+,29-,30+/m1/s1. The van der Waals surface area contributed by atoms with E-state index in [1.807, 2.05) is 0 Å². The van der Waals surface area contributed by atoms with Crippen molar-refractivity contribution >= 4 is 0 Å². The van der Waals surface area contributed by atoms with Crippen LogP contribution in [0.1, 0.15) is 0 Å². The van der Waals surface area contributed by atoms with E-state index in [1.165, 1.54) is 0 Å². The van der Waals surface area contributed by atoms with Crippen molar-refractivity contribution in [3.8, 4) is 0 Å². The van der Waals surface area contributed by atoms with Crippen molar-refractivity contribution in [1.29, 1.82) is 0 Å². The molecule has 0 aromatic heterocycles. The van der Waals surface area contributed by atoms with Crippen LogP contribution in [0.5, 0.6) is 0 Å². The number of aliphatic hydroxyl groups excluding tert-OH is 17. The van der Waals surface area contributed by atoms with Crippen molar-refractivity contribution in [3.05, 3.63) is 0 Å². The van der Waals surface area contributed by atoms with Crippen LogP contribution in [0.4, 0.5) is 0 Å². The van der Waals surface area contributed by atoms with Gasteiger partial charge in [0, 0.05) is 0 Å². The Kier molecular flexibility index (Phi) is 16.1. The average molecular weight is 829 g/mol. The molecule has 0 aliphatic carbocycles. The van der Waals surface area contributed by atoms with E-state index in [4.69, 9.17) is 42.6 Å². The molecular weight excluding hydrogens is 776 g/mol. The molecule has 0 amide bonds. The third kappa shape index (κ3) is 9.16. The second-order valence-corrected chi connectivity index (χ2v) is 13.9. The Morgan fingerprint density at radius 3 is 0.982 bits per heavy atom. The van der Waals surface area contributed by atoms with Crippen molar-refractivity contribution in [3.63, 3.8) is 0 Å². The van der Waals surface area contributed by atoms with Crippen LogP contribution in [0.2, 0.25) is 0 Å². The molecule has 5 heterocycles. The first-order chi connectivity index (χ1) is 26.5. The highest BCUT2D eigenvalue weighted by Gasteiger charge is 2.56. The lowest BCUT2D eigenvalue weighted by Gasteiger charge is -2.49. The first kappa shape index (κ1) is 46.0. The fourth-order valence-electron chi connectivity index (χ4n) is 7.02. The zero-order chi connectivity index (χ0) is 41.3. The van der Waals surface area contributed by atoms with E-state index in [1.54, 1.807) is 0 Å². The zero-order valence-corrected chi connectivity index (χ0v) is 29.2. The number of hydrogen-bond donors (Lipinski definition) is 17. The molecule has 25 atom stereocenters. The molecule has 26 heteroatoms. The fourth-order valence-corrected chi connectivity index (χ4v) is 7.02. The lowest BCUT2D eigenvalue weighted by atomic mass is 9.95. The zero-order valence-electron chi connectivity index (χ0n) is 29.2. The number of rotatable bonds is 13. The van der Waals surface area contributed by atoms with Gasteiger partial charge in [0.2, 0.25) is 0 Å². The largest absolute Gasteiger partial charge is 0.394 e. The van der Waals surface area contributed by atoms with Crippen LogP contribution >= 0.6 is 0 Å². The summed E-state index contributed by atoms with van der Waals surface area (Å²) in [6.45, 7) is -4.58. The number of ether oxygens (including phenoxy) is 9. The summed E-state index contributed by atoms with van der Waals surface area (Å²) in [6, 6.07) is 0. The summed E-state index contributed by atoms with van der Waals surface area (Å²) in [7, 11) is 0. The highest BCUT2D eigenvalue weighted by molar-refractivity contribution is 4.99. The number of hydrogen-bond acceptors (Lipinski definition) is 26. The van der Waals surface area contributed by atoms with Crippen LogP contribution in [0.25, 0.3) is 0 Å². The summed E-state index contributed by atoms with van der Waals surface area (Å²) < 4.78 is 49.1. The maximum atomic E-state index is 11.3. The van der Waals surface area contributed by atoms with E-state index in [-0.39, 0.29) is 0 Å². The predicted octanol–water partition coefficient (Wildman–Crippen LogP) is -11.9. The minimum absolute atomic E-state index is 0.846. The summed E-state index contributed by atoms with van der Waals surface area (Å²) in [5, 5.41) is 176. The van der Waals surface area contributed by atoms with E-state index in [0.29, 0.717) is 0 Å². The van der Waals surface area contributed by atoms with Gasteiger partial charge >= 0.3 is 0 Å². The maximum absolute atomic E-state index is 11.3. The molecule has 5 aliphatic heterocycles. The van der Waals surface area contributed by atoms with Crippen LogP contribution in [0.15, 0.2) is 0 Å². The monoisotopic (exact) mass is 828 g/mol. The quantitative estimate of drug-likeness (QED) is 0.0819. The van der Waals surface area contributed by atoms with Gasteiger partial charge in [-0.25, -0.2) is 0 Å². The molecule has 26 nitrogen and oxygen atoms in total. The summed E-state index contributed by atoms with van der Waals surface area (Å²) in [4.78, 5) is 0. The summed E-state index contributed by atoms with van der Waals surface area (Å²) in [6.07, 6.45) is -46.6. The van der Waals surface area contributed by atoms with Gasteiger partial charge in [0.25, 0.3) is 0 Å². The Bertz CT molecular complexity index is 1200. The van der Waals surface area contributed by atoms with E-state index in [9.17, 15) is 86.8 Å². The van der Waals surface area contributed by atoms with Crippen LogP contribution in [-0.2, 0) is 42.6 Å². The van der Waals surface area contributed by atoms with Crippen LogP contribution in [0, 0.1) is 0 Å². The van der Waals surface area contributed by atoms with E-state index >= 15 is 0 Å².